The van der Waals surface area contributed by atoms with Gasteiger partial charge in [0.1, 0.15) is 5.75 Å². The van der Waals surface area contributed by atoms with E-state index in [9.17, 15) is 0 Å². The number of ether oxygens (including phenoxy) is 2. The molecule has 2 heterocycles. The predicted octanol–water partition coefficient (Wildman–Crippen LogP) is 3.42. The molecule has 2 saturated heterocycles. The molecule has 0 unspecified atom stereocenters. The summed E-state index contributed by atoms with van der Waals surface area (Å²) in [6.07, 6.45) is 5.85. The average Bonchev–Trinajstić information content (AvgIpc) is 2.81. The van der Waals surface area contributed by atoms with E-state index in [-0.39, 0.29) is 5.41 Å². The summed E-state index contributed by atoms with van der Waals surface area (Å²) in [5.74, 6) is 2.72. The number of nitrogens with zero attached hydrogens (tertiary/aromatic N) is 2. The van der Waals surface area contributed by atoms with Gasteiger partial charge in [0.05, 0.1) is 6.61 Å². The molecule has 6 heteroatoms. The van der Waals surface area contributed by atoms with Crippen molar-refractivity contribution >= 4 is 5.96 Å². The second kappa shape index (κ2) is 12.3. The largest absolute Gasteiger partial charge is 0.494 e. The third kappa shape index (κ3) is 7.11. The first kappa shape index (κ1) is 23.9. The highest BCUT2D eigenvalue weighted by molar-refractivity contribution is 5.79. The maximum absolute atomic E-state index is 5.68. The van der Waals surface area contributed by atoms with Gasteiger partial charge < -0.3 is 25.0 Å². The van der Waals surface area contributed by atoms with E-state index in [1.807, 2.05) is 14.0 Å². The Balaban J connectivity index is 1.49. The van der Waals surface area contributed by atoms with E-state index in [0.717, 1.165) is 63.2 Å². The highest BCUT2D eigenvalue weighted by atomic mass is 16.5. The average molecular weight is 431 g/mol. The summed E-state index contributed by atoms with van der Waals surface area (Å²) >= 11 is 0. The fourth-order valence-corrected chi connectivity index (χ4v) is 4.67. The Kier molecular flexibility index (Phi) is 9.47. The Bertz CT molecular complexity index is 663. The molecule has 0 amide bonds. The number of benzene rings is 1. The van der Waals surface area contributed by atoms with Crippen molar-refractivity contribution in [2.75, 3.05) is 59.6 Å². The van der Waals surface area contributed by atoms with Gasteiger partial charge in [-0.3, -0.25) is 4.99 Å². The predicted molar refractivity (Wildman–Crippen MR) is 128 cm³/mol. The van der Waals surface area contributed by atoms with Gasteiger partial charge in [-0.2, -0.15) is 0 Å². The standard InChI is InChI=1S/C25H42N4O2/c1-4-31-23-8-6-22(7-9-23)25(12-18-30-19-13-25)20-28-24(26-3)27-14-5-15-29-16-10-21(2)11-17-29/h6-9,21H,4-5,10-20H2,1-3H3,(H2,26,27,28). The zero-order valence-corrected chi connectivity index (χ0v) is 19.8. The fourth-order valence-electron chi connectivity index (χ4n) is 4.67. The molecule has 0 aromatic heterocycles. The minimum absolute atomic E-state index is 0.0606. The lowest BCUT2D eigenvalue weighted by Crippen LogP contribution is -2.48. The monoisotopic (exact) mass is 430 g/mol. The van der Waals surface area contributed by atoms with E-state index in [2.05, 4.69) is 51.7 Å². The van der Waals surface area contributed by atoms with Crippen LogP contribution in [0.2, 0.25) is 0 Å². The van der Waals surface area contributed by atoms with Gasteiger partial charge in [0.2, 0.25) is 0 Å². The molecule has 0 aliphatic carbocycles. The zero-order valence-electron chi connectivity index (χ0n) is 19.8. The third-order valence-corrected chi connectivity index (χ3v) is 6.87. The molecule has 2 N–H and O–H groups in total. The van der Waals surface area contributed by atoms with Crippen LogP contribution in [0.4, 0.5) is 0 Å². The van der Waals surface area contributed by atoms with Gasteiger partial charge in [-0.15, -0.1) is 0 Å². The van der Waals surface area contributed by atoms with Crippen LogP contribution in [-0.4, -0.2) is 70.5 Å². The van der Waals surface area contributed by atoms with Crippen molar-refractivity contribution in [1.29, 1.82) is 0 Å². The van der Waals surface area contributed by atoms with E-state index in [4.69, 9.17) is 9.47 Å². The molecule has 2 aliphatic rings. The Hall–Kier alpha value is -1.79. The van der Waals surface area contributed by atoms with Gasteiger partial charge in [-0.25, -0.2) is 0 Å². The lowest BCUT2D eigenvalue weighted by molar-refractivity contribution is 0.0513. The van der Waals surface area contributed by atoms with E-state index < -0.39 is 0 Å². The minimum atomic E-state index is 0.0606. The molecule has 0 saturated carbocycles. The number of hydrogen-bond acceptors (Lipinski definition) is 4. The van der Waals surface area contributed by atoms with Gasteiger partial charge in [0.15, 0.2) is 5.96 Å². The maximum Gasteiger partial charge on any atom is 0.191 e. The first-order valence-corrected chi connectivity index (χ1v) is 12.1. The van der Waals surface area contributed by atoms with Gasteiger partial charge in [-0.05, 0) is 82.3 Å². The summed E-state index contributed by atoms with van der Waals surface area (Å²) in [4.78, 5) is 7.06. The third-order valence-electron chi connectivity index (χ3n) is 6.87. The van der Waals surface area contributed by atoms with Crippen LogP contribution in [-0.2, 0) is 10.2 Å². The molecule has 174 valence electrons. The molecule has 2 aliphatic heterocycles. The van der Waals surface area contributed by atoms with E-state index >= 15 is 0 Å². The second-order valence-electron chi connectivity index (χ2n) is 9.08. The number of guanidine groups is 1. The summed E-state index contributed by atoms with van der Waals surface area (Å²) in [6.45, 7) is 12.2. The van der Waals surface area contributed by atoms with Gasteiger partial charge >= 0.3 is 0 Å². The molecule has 0 atom stereocenters. The smallest absolute Gasteiger partial charge is 0.191 e. The topological polar surface area (TPSA) is 58.1 Å². The molecular weight excluding hydrogens is 388 g/mol. The number of rotatable bonds is 9. The number of piperidine rings is 1. The molecule has 0 bridgehead atoms. The lowest BCUT2D eigenvalue weighted by atomic mass is 9.74. The molecule has 1 aromatic carbocycles. The van der Waals surface area contributed by atoms with Gasteiger partial charge in [0.25, 0.3) is 0 Å². The first-order chi connectivity index (χ1) is 15.1. The molecular formula is C25H42N4O2. The van der Waals surface area contributed by atoms with Crippen molar-refractivity contribution < 1.29 is 9.47 Å². The van der Waals surface area contributed by atoms with Crippen molar-refractivity contribution in [3.8, 4) is 5.75 Å². The number of nitrogens with one attached hydrogen (secondary N) is 2. The van der Waals surface area contributed by atoms with Crippen molar-refractivity contribution in [1.82, 2.24) is 15.5 Å². The fraction of sp³-hybridized carbons (Fsp3) is 0.720. The number of hydrogen-bond donors (Lipinski definition) is 2. The Labute approximate surface area is 188 Å². The van der Waals surface area contributed by atoms with E-state index in [1.54, 1.807) is 0 Å². The summed E-state index contributed by atoms with van der Waals surface area (Å²) in [5, 5.41) is 7.11. The van der Waals surface area contributed by atoms with E-state index in [1.165, 1.54) is 38.0 Å². The summed E-state index contributed by atoms with van der Waals surface area (Å²) in [7, 11) is 1.86. The maximum atomic E-state index is 5.68. The number of aliphatic imine (C=N–C) groups is 1. The molecule has 31 heavy (non-hydrogen) atoms. The van der Waals surface area contributed by atoms with Crippen LogP contribution in [0.5, 0.6) is 5.75 Å². The highest BCUT2D eigenvalue weighted by Gasteiger charge is 2.34. The summed E-state index contributed by atoms with van der Waals surface area (Å²) in [5.41, 5.74) is 1.41. The molecule has 2 fully saturated rings. The Morgan fingerprint density at radius 3 is 2.52 bits per heavy atom. The van der Waals surface area contributed by atoms with Crippen molar-refractivity contribution in [3.05, 3.63) is 29.8 Å². The highest BCUT2D eigenvalue weighted by Crippen LogP contribution is 2.35. The second-order valence-corrected chi connectivity index (χ2v) is 9.08. The van der Waals surface area contributed by atoms with Gasteiger partial charge in [0, 0.05) is 38.8 Å². The van der Waals surface area contributed by atoms with Crippen LogP contribution >= 0.6 is 0 Å². The van der Waals surface area contributed by atoms with Crippen LogP contribution in [0.1, 0.15) is 51.5 Å². The van der Waals surface area contributed by atoms with Crippen LogP contribution < -0.4 is 15.4 Å². The van der Waals surface area contributed by atoms with Crippen molar-refractivity contribution in [2.45, 2.75) is 51.4 Å². The van der Waals surface area contributed by atoms with Crippen LogP contribution in [0.25, 0.3) is 0 Å². The Morgan fingerprint density at radius 1 is 1.16 bits per heavy atom. The zero-order chi connectivity index (χ0) is 21.9. The quantitative estimate of drug-likeness (QED) is 0.357. The lowest BCUT2D eigenvalue weighted by Gasteiger charge is -2.38. The minimum Gasteiger partial charge on any atom is -0.494 e. The van der Waals surface area contributed by atoms with Crippen LogP contribution in [0, 0.1) is 5.92 Å². The SMILES string of the molecule is CCOc1ccc(C2(CNC(=NC)NCCCN3CCC(C)CC3)CCOCC2)cc1. The normalized spacial score (nSPS) is 20.4. The van der Waals surface area contributed by atoms with Gasteiger partial charge in [-0.1, -0.05) is 19.1 Å². The van der Waals surface area contributed by atoms with Crippen LogP contribution in [0.15, 0.2) is 29.3 Å². The molecule has 0 spiro atoms. The molecule has 0 radical (unpaired) electrons. The van der Waals surface area contributed by atoms with Crippen molar-refractivity contribution in [2.24, 2.45) is 10.9 Å². The summed E-state index contributed by atoms with van der Waals surface area (Å²) < 4.78 is 11.3. The first-order valence-electron chi connectivity index (χ1n) is 12.1. The van der Waals surface area contributed by atoms with Crippen LogP contribution in [0.3, 0.4) is 0 Å². The number of likely N-dealkylation sites (tertiary alicyclic amines) is 1. The molecule has 3 rings (SSSR count). The van der Waals surface area contributed by atoms with E-state index in [0.29, 0.717) is 6.61 Å². The molecule has 1 aromatic rings. The molecule has 6 nitrogen and oxygen atoms in total. The Morgan fingerprint density at radius 2 is 1.87 bits per heavy atom. The summed E-state index contributed by atoms with van der Waals surface area (Å²) in [6, 6.07) is 8.61. The van der Waals surface area contributed by atoms with Crippen molar-refractivity contribution in [3.63, 3.8) is 0 Å².